The number of benzene rings is 1. The van der Waals surface area contributed by atoms with Crippen molar-refractivity contribution < 1.29 is 9.53 Å². The molecule has 1 N–H and O–H groups in total. The first kappa shape index (κ1) is 19.5. The van der Waals surface area contributed by atoms with Crippen molar-refractivity contribution in [3.8, 4) is 0 Å². The number of hydrogen-bond acceptors (Lipinski definition) is 5. The SMILES string of the molecule is CN1CCc2nc([C@@H]3CCCN(C(=O)[C@@H]4OCCc5ccccc54)C3)[nH]c(=O)c2C1. The lowest BCUT2D eigenvalue weighted by Crippen LogP contribution is -2.44. The molecule has 5 rings (SSSR count). The molecule has 0 bridgehead atoms. The van der Waals surface area contributed by atoms with Crippen LogP contribution in [0.4, 0.5) is 0 Å². The molecule has 30 heavy (non-hydrogen) atoms. The second kappa shape index (κ2) is 7.96. The molecule has 0 spiro atoms. The molecule has 3 aliphatic rings. The number of likely N-dealkylation sites (tertiary alicyclic amines) is 1. The van der Waals surface area contributed by atoms with Crippen LogP contribution in [0.15, 0.2) is 29.1 Å². The second-order valence-electron chi connectivity index (χ2n) is 8.69. The van der Waals surface area contributed by atoms with E-state index in [4.69, 9.17) is 9.72 Å². The average Bonchev–Trinajstić information content (AvgIpc) is 2.78. The molecule has 1 aromatic carbocycles. The maximum Gasteiger partial charge on any atom is 0.256 e. The fourth-order valence-corrected chi connectivity index (χ4v) is 4.94. The van der Waals surface area contributed by atoms with E-state index in [1.165, 1.54) is 5.56 Å². The van der Waals surface area contributed by atoms with E-state index < -0.39 is 6.10 Å². The number of carbonyl (C=O) groups excluding carboxylic acids is 1. The van der Waals surface area contributed by atoms with Gasteiger partial charge in [-0.05, 0) is 37.4 Å². The number of ether oxygens (including phenoxy) is 1. The monoisotopic (exact) mass is 408 g/mol. The summed E-state index contributed by atoms with van der Waals surface area (Å²) in [5.41, 5.74) is 3.85. The van der Waals surface area contributed by atoms with Crippen LogP contribution in [0.2, 0.25) is 0 Å². The summed E-state index contributed by atoms with van der Waals surface area (Å²) in [6, 6.07) is 8.05. The first-order chi connectivity index (χ1) is 14.6. The van der Waals surface area contributed by atoms with Crippen LogP contribution in [0.5, 0.6) is 0 Å². The van der Waals surface area contributed by atoms with Crippen LogP contribution in [0, 0.1) is 0 Å². The van der Waals surface area contributed by atoms with Crippen LogP contribution in [0.3, 0.4) is 0 Å². The molecule has 1 fully saturated rings. The molecule has 7 nitrogen and oxygen atoms in total. The third-order valence-electron chi connectivity index (χ3n) is 6.62. The summed E-state index contributed by atoms with van der Waals surface area (Å²) in [6.07, 6.45) is 2.94. The topological polar surface area (TPSA) is 78.5 Å². The smallest absolute Gasteiger partial charge is 0.256 e. The predicted molar refractivity (Wildman–Crippen MR) is 112 cm³/mol. The molecule has 0 aliphatic carbocycles. The molecule has 0 saturated carbocycles. The number of H-pyrrole nitrogens is 1. The Kier molecular flexibility index (Phi) is 5.16. The van der Waals surface area contributed by atoms with Gasteiger partial charge in [0.2, 0.25) is 0 Å². The van der Waals surface area contributed by atoms with Crippen molar-refractivity contribution in [1.82, 2.24) is 19.8 Å². The number of aromatic nitrogens is 2. The minimum absolute atomic E-state index is 0.0220. The zero-order valence-electron chi connectivity index (χ0n) is 17.4. The number of aromatic amines is 1. The third kappa shape index (κ3) is 3.56. The number of nitrogens with one attached hydrogen (secondary N) is 1. The molecule has 1 saturated heterocycles. The third-order valence-corrected chi connectivity index (χ3v) is 6.62. The fourth-order valence-electron chi connectivity index (χ4n) is 4.94. The van der Waals surface area contributed by atoms with E-state index in [0.717, 1.165) is 61.4 Å². The van der Waals surface area contributed by atoms with Gasteiger partial charge in [0.15, 0.2) is 6.10 Å². The Balaban J connectivity index is 1.36. The van der Waals surface area contributed by atoms with Crippen molar-refractivity contribution in [3.05, 3.63) is 62.8 Å². The number of fused-ring (bicyclic) bond motifs is 2. The number of amides is 1. The van der Waals surface area contributed by atoms with Gasteiger partial charge in [-0.15, -0.1) is 0 Å². The van der Waals surface area contributed by atoms with Crippen molar-refractivity contribution >= 4 is 5.91 Å². The fraction of sp³-hybridized carbons (Fsp3) is 0.522. The molecule has 3 aliphatic heterocycles. The summed E-state index contributed by atoms with van der Waals surface area (Å²) in [6.45, 7) is 3.42. The quantitative estimate of drug-likeness (QED) is 0.820. The number of hydrogen-bond donors (Lipinski definition) is 1. The van der Waals surface area contributed by atoms with Gasteiger partial charge in [0.05, 0.1) is 17.9 Å². The first-order valence-electron chi connectivity index (χ1n) is 10.9. The molecular weight excluding hydrogens is 380 g/mol. The second-order valence-corrected chi connectivity index (χ2v) is 8.69. The summed E-state index contributed by atoms with van der Waals surface area (Å²) >= 11 is 0. The van der Waals surface area contributed by atoms with Gasteiger partial charge in [-0.1, -0.05) is 24.3 Å². The standard InChI is InChI=1S/C23H28N4O3/c1-26-11-8-19-18(14-26)22(28)25-21(24-19)16-6-4-10-27(13-16)23(29)20-17-7-3-2-5-15(17)9-12-30-20/h2-3,5,7,16,20H,4,6,8-14H2,1H3,(H,24,25,28)/t16-,20-/m1/s1. The van der Waals surface area contributed by atoms with E-state index in [2.05, 4.69) is 16.0 Å². The van der Waals surface area contributed by atoms with Crippen LogP contribution in [0.1, 0.15) is 53.1 Å². The Labute approximate surface area is 176 Å². The molecular formula is C23H28N4O3. The molecule has 0 unspecified atom stereocenters. The number of nitrogens with zero attached hydrogens (tertiary/aromatic N) is 3. The highest BCUT2D eigenvalue weighted by atomic mass is 16.5. The Morgan fingerprint density at radius 2 is 2.10 bits per heavy atom. The van der Waals surface area contributed by atoms with Gasteiger partial charge in [-0.25, -0.2) is 4.98 Å². The van der Waals surface area contributed by atoms with Crippen LogP contribution in [-0.4, -0.2) is 59.0 Å². The van der Waals surface area contributed by atoms with E-state index in [9.17, 15) is 9.59 Å². The summed E-state index contributed by atoms with van der Waals surface area (Å²) in [4.78, 5) is 37.9. The van der Waals surface area contributed by atoms with Gasteiger partial charge >= 0.3 is 0 Å². The van der Waals surface area contributed by atoms with E-state index in [1.54, 1.807) is 0 Å². The zero-order chi connectivity index (χ0) is 20.7. The number of carbonyl (C=O) groups is 1. The van der Waals surface area contributed by atoms with E-state index >= 15 is 0 Å². The molecule has 4 heterocycles. The van der Waals surface area contributed by atoms with Gasteiger partial charge in [0.1, 0.15) is 5.82 Å². The highest BCUT2D eigenvalue weighted by Gasteiger charge is 2.34. The molecule has 1 aromatic heterocycles. The molecule has 2 atom stereocenters. The molecule has 1 amide bonds. The molecule has 7 heteroatoms. The van der Waals surface area contributed by atoms with E-state index in [1.807, 2.05) is 30.1 Å². The van der Waals surface area contributed by atoms with Crippen LogP contribution >= 0.6 is 0 Å². The minimum atomic E-state index is -0.528. The van der Waals surface area contributed by atoms with Crippen LogP contribution < -0.4 is 5.56 Å². The maximum atomic E-state index is 13.3. The Bertz CT molecular complexity index is 1020. The number of rotatable bonds is 2. The molecule has 0 radical (unpaired) electrons. The van der Waals surface area contributed by atoms with Gasteiger partial charge in [-0.3, -0.25) is 9.59 Å². The average molecular weight is 409 g/mol. The van der Waals surface area contributed by atoms with Gasteiger partial charge in [0.25, 0.3) is 11.5 Å². The normalized spacial score (nSPS) is 24.2. The van der Waals surface area contributed by atoms with Gasteiger partial charge in [0, 0.05) is 38.5 Å². The molecule has 158 valence electrons. The van der Waals surface area contributed by atoms with Crippen molar-refractivity contribution in [1.29, 1.82) is 0 Å². The van der Waals surface area contributed by atoms with Crippen molar-refractivity contribution in [3.63, 3.8) is 0 Å². The van der Waals surface area contributed by atoms with Crippen LogP contribution in [0.25, 0.3) is 0 Å². The van der Waals surface area contributed by atoms with Crippen LogP contribution in [-0.2, 0) is 28.9 Å². The maximum absolute atomic E-state index is 13.3. The Hall–Kier alpha value is -2.51. The van der Waals surface area contributed by atoms with Crippen molar-refractivity contribution in [2.75, 3.05) is 33.3 Å². The Morgan fingerprint density at radius 3 is 3.00 bits per heavy atom. The first-order valence-corrected chi connectivity index (χ1v) is 10.9. The number of likely N-dealkylation sites (N-methyl/N-ethyl adjacent to an activating group) is 1. The largest absolute Gasteiger partial charge is 0.363 e. The van der Waals surface area contributed by atoms with Gasteiger partial charge < -0.3 is 19.5 Å². The van der Waals surface area contributed by atoms with E-state index in [-0.39, 0.29) is 17.4 Å². The summed E-state index contributed by atoms with van der Waals surface area (Å²) in [5, 5.41) is 0. The lowest BCUT2D eigenvalue weighted by Gasteiger charge is -2.36. The van der Waals surface area contributed by atoms with E-state index in [0.29, 0.717) is 19.7 Å². The highest BCUT2D eigenvalue weighted by molar-refractivity contribution is 5.83. The van der Waals surface area contributed by atoms with Crippen molar-refractivity contribution in [2.45, 2.75) is 44.2 Å². The molecule has 2 aromatic rings. The predicted octanol–water partition coefficient (Wildman–Crippen LogP) is 1.78. The summed E-state index contributed by atoms with van der Waals surface area (Å²) in [5.74, 6) is 0.804. The van der Waals surface area contributed by atoms with Gasteiger partial charge in [-0.2, -0.15) is 0 Å². The lowest BCUT2D eigenvalue weighted by atomic mass is 9.93. The Morgan fingerprint density at radius 1 is 1.23 bits per heavy atom. The number of piperidine rings is 1. The highest BCUT2D eigenvalue weighted by Crippen LogP contribution is 2.32. The zero-order valence-corrected chi connectivity index (χ0v) is 17.4. The summed E-state index contributed by atoms with van der Waals surface area (Å²) < 4.78 is 5.89. The van der Waals surface area contributed by atoms with Crippen molar-refractivity contribution in [2.24, 2.45) is 0 Å². The summed E-state index contributed by atoms with van der Waals surface area (Å²) in [7, 11) is 2.02. The minimum Gasteiger partial charge on any atom is -0.363 e. The lowest BCUT2D eigenvalue weighted by molar-refractivity contribution is -0.146.